The molecule has 150 valence electrons. The standard InChI is InChI=1S/C20H25FN4O3/c21-20(11-22)6-5-14(8-20)23-9-12-1-2-15-13(7-12)10-25(19(15)28)16-3-4-17(26)24-18(16)27/h1-2,7,14,16,23H,3-6,8-11,22H2,(H,24,26,27)/t14-,16?,20+/m0/s1. The number of hydrogen-bond acceptors (Lipinski definition) is 5. The zero-order valence-corrected chi connectivity index (χ0v) is 15.7. The summed E-state index contributed by atoms with van der Waals surface area (Å²) in [7, 11) is 0. The van der Waals surface area contributed by atoms with E-state index in [1.165, 1.54) is 0 Å². The number of imide groups is 1. The number of halogens is 1. The summed E-state index contributed by atoms with van der Waals surface area (Å²) in [5.41, 5.74) is 6.75. The van der Waals surface area contributed by atoms with E-state index in [9.17, 15) is 18.8 Å². The van der Waals surface area contributed by atoms with Gasteiger partial charge in [0.2, 0.25) is 11.8 Å². The number of rotatable bonds is 5. The first-order chi connectivity index (χ1) is 13.4. The van der Waals surface area contributed by atoms with Crippen molar-refractivity contribution in [1.29, 1.82) is 0 Å². The molecule has 1 saturated heterocycles. The lowest BCUT2D eigenvalue weighted by Gasteiger charge is -2.29. The molecule has 3 aliphatic rings. The molecular weight excluding hydrogens is 363 g/mol. The largest absolute Gasteiger partial charge is 0.328 e. The second-order valence-electron chi connectivity index (χ2n) is 8.07. The SMILES string of the molecule is NC[C@@]1(F)CC[C@H](NCc2ccc3c(c2)CN(C2CCC(=O)NC2=O)C3=O)C1. The average molecular weight is 388 g/mol. The third-order valence-corrected chi connectivity index (χ3v) is 6.10. The lowest BCUT2D eigenvalue weighted by atomic mass is 10.0. The van der Waals surface area contributed by atoms with E-state index in [4.69, 9.17) is 5.73 Å². The summed E-state index contributed by atoms with van der Waals surface area (Å²) in [6.07, 6.45) is 2.27. The summed E-state index contributed by atoms with van der Waals surface area (Å²) in [5.74, 6) is -0.877. The third-order valence-electron chi connectivity index (χ3n) is 6.10. The second kappa shape index (κ2) is 7.25. The van der Waals surface area contributed by atoms with Crippen molar-refractivity contribution in [2.75, 3.05) is 6.54 Å². The molecule has 2 fully saturated rings. The Morgan fingerprint density at radius 3 is 2.82 bits per heavy atom. The molecule has 0 bridgehead atoms. The van der Waals surface area contributed by atoms with E-state index in [1.807, 2.05) is 12.1 Å². The van der Waals surface area contributed by atoms with Crippen LogP contribution < -0.4 is 16.4 Å². The highest BCUT2D eigenvalue weighted by Crippen LogP contribution is 2.33. The number of hydrogen-bond donors (Lipinski definition) is 3. The van der Waals surface area contributed by atoms with E-state index in [2.05, 4.69) is 10.6 Å². The van der Waals surface area contributed by atoms with Gasteiger partial charge in [0.05, 0.1) is 0 Å². The van der Waals surface area contributed by atoms with Crippen molar-refractivity contribution in [3.8, 4) is 0 Å². The number of nitrogens with one attached hydrogen (secondary N) is 2. The van der Waals surface area contributed by atoms with Crippen LogP contribution in [0.1, 0.15) is 53.6 Å². The molecule has 1 aliphatic carbocycles. The molecule has 4 rings (SSSR count). The molecule has 1 saturated carbocycles. The van der Waals surface area contributed by atoms with Crippen LogP contribution in [-0.2, 0) is 22.7 Å². The first-order valence-electron chi connectivity index (χ1n) is 9.77. The molecule has 0 spiro atoms. The van der Waals surface area contributed by atoms with Crippen LogP contribution in [0, 0.1) is 0 Å². The van der Waals surface area contributed by atoms with Crippen LogP contribution in [0.2, 0.25) is 0 Å². The molecule has 1 aromatic rings. The minimum atomic E-state index is -1.26. The van der Waals surface area contributed by atoms with E-state index in [0.717, 1.165) is 17.5 Å². The highest BCUT2D eigenvalue weighted by molar-refractivity contribution is 6.05. The molecule has 4 N–H and O–H groups in total. The number of amides is 3. The molecule has 7 nitrogen and oxygen atoms in total. The van der Waals surface area contributed by atoms with Gasteiger partial charge in [0.1, 0.15) is 11.7 Å². The van der Waals surface area contributed by atoms with Crippen molar-refractivity contribution < 1.29 is 18.8 Å². The molecular formula is C20H25FN4O3. The first-order valence-corrected chi connectivity index (χ1v) is 9.77. The van der Waals surface area contributed by atoms with Gasteiger partial charge in [0.25, 0.3) is 5.91 Å². The lowest BCUT2D eigenvalue weighted by Crippen LogP contribution is -2.52. The maximum Gasteiger partial charge on any atom is 0.255 e. The quantitative estimate of drug-likeness (QED) is 0.646. The highest BCUT2D eigenvalue weighted by atomic mass is 19.1. The van der Waals surface area contributed by atoms with Crippen LogP contribution in [0.4, 0.5) is 4.39 Å². The van der Waals surface area contributed by atoms with Gasteiger partial charge in [-0.05, 0) is 42.9 Å². The number of fused-ring (bicyclic) bond motifs is 1. The predicted octanol–water partition coefficient (Wildman–Crippen LogP) is 0.757. The van der Waals surface area contributed by atoms with Crippen molar-refractivity contribution in [3.63, 3.8) is 0 Å². The van der Waals surface area contributed by atoms with Gasteiger partial charge in [-0.1, -0.05) is 12.1 Å². The molecule has 1 aromatic carbocycles. The maximum atomic E-state index is 14.3. The monoisotopic (exact) mass is 388 g/mol. The second-order valence-corrected chi connectivity index (χ2v) is 8.07. The Bertz CT molecular complexity index is 830. The van der Waals surface area contributed by atoms with Gasteiger partial charge in [0, 0.05) is 37.7 Å². The van der Waals surface area contributed by atoms with E-state index < -0.39 is 17.6 Å². The minimum Gasteiger partial charge on any atom is -0.328 e. The Balaban J connectivity index is 1.40. The average Bonchev–Trinajstić information content (AvgIpc) is 3.21. The molecule has 0 radical (unpaired) electrons. The van der Waals surface area contributed by atoms with Crippen LogP contribution >= 0.6 is 0 Å². The fourth-order valence-corrected chi connectivity index (χ4v) is 4.44. The Hall–Kier alpha value is -2.32. The summed E-state index contributed by atoms with van der Waals surface area (Å²) in [6, 6.07) is 5.13. The molecule has 0 aromatic heterocycles. The highest BCUT2D eigenvalue weighted by Gasteiger charge is 2.39. The fourth-order valence-electron chi connectivity index (χ4n) is 4.44. The van der Waals surface area contributed by atoms with Crippen molar-refractivity contribution >= 4 is 17.7 Å². The molecule has 3 amide bonds. The van der Waals surface area contributed by atoms with Gasteiger partial charge < -0.3 is 16.0 Å². The minimum absolute atomic E-state index is 0.0578. The third kappa shape index (κ3) is 3.54. The molecule has 8 heteroatoms. The number of nitrogens with zero attached hydrogens (tertiary/aromatic N) is 1. The normalized spacial score (nSPS) is 29.9. The summed E-state index contributed by atoms with van der Waals surface area (Å²) >= 11 is 0. The molecule has 2 heterocycles. The Kier molecular flexibility index (Phi) is 4.93. The first kappa shape index (κ1) is 19.0. The number of nitrogens with two attached hydrogens (primary N) is 1. The zero-order chi connectivity index (χ0) is 19.9. The molecule has 28 heavy (non-hydrogen) atoms. The fraction of sp³-hybridized carbons (Fsp3) is 0.550. The van der Waals surface area contributed by atoms with Gasteiger partial charge >= 0.3 is 0 Å². The van der Waals surface area contributed by atoms with Crippen LogP contribution in [0.15, 0.2) is 18.2 Å². The van der Waals surface area contributed by atoms with Gasteiger partial charge in [-0.25, -0.2) is 4.39 Å². The van der Waals surface area contributed by atoms with Crippen LogP contribution in [0.25, 0.3) is 0 Å². The zero-order valence-electron chi connectivity index (χ0n) is 15.7. The summed E-state index contributed by atoms with van der Waals surface area (Å²) in [5, 5.41) is 5.69. The van der Waals surface area contributed by atoms with E-state index >= 15 is 0 Å². The summed E-state index contributed by atoms with van der Waals surface area (Å²) < 4.78 is 14.3. The predicted molar refractivity (Wildman–Crippen MR) is 99.9 cm³/mol. The topological polar surface area (TPSA) is 105 Å². The van der Waals surface area contributed by atoms with Gasteiger partial charge in [-0.3, -0.25) is 19.7 Å². The smallest absolute Gasteiger partial charge is 0.255 e. The molecule has 1 unspecified atom stereocenters. The molecule has 3 atom stereocenters. The number of piperidine rings is 1. The van der Waals surface area contributed by atoms with Crippen molar-refractivity contribution in [3.05, 3.63) is 34.9 Å². The lowest BCUT2D eigenvalue weighted by molar-refractivity contribution is -0.136. The van der Waals surface area contributed by atoms with Crippen LogP contribution in [-0.4, -0.2) is 46.9 Å². The Morgan fingerprint density at radius 2 is 2.11 bits per heavy atom. The van der Waals surface area contributed by atoms with Crippen LogP contribution in [0.3, 0.4) is 0 Å². The Labute approximate surface area is 162 Å². The van der Waals surface area contributed by atoms with Crippen LogP contribution in [0.5, 0.6) is 0 Å². The summed E-state index contributed by atoms with van der Waals surface area (Å²) in [4.78, 5) is 37.7. The van der Waals surface area contributed by atoms with E-state index in [-0.39, 0.29) is 30.8 Å². The Morgan fingerprint density at radius 1 is 1.29 bits per heavy atom. The van der Waals surface area contributed by atoms with Gasteiger partial charge in [-0.15, -0.1) is 0 Å². The number of carbonyl (C=O) groups is 3. The van der Waals surface area contributed by atoms with E-state index in [0.29, 0.717) is 37.9 Å². The maximum absolute atomic E-state index is 14.3. The number of alkyl halides is 1. The van der Waals surface area contributed by atoms with Gasteiger partial charge in [-0.2, -0.15) is 0 Å². The molecule has 2 aliphatic heterocycles. The van der Waals surface area contributed by atoms with Crippen molar-refractivity contribution in [2.24, 2.45) is 5.73 Å². The summed E-state index contributed by atoms with van der Waals surface area (Å²) in [6.45, 7) is 1.01. The van der Waals surface area contributed by atoms with Crippen molar-refractivity contribution in [1.82, 2.24) is 15.5 Å². The van der Waals surface area contributed by atoms with Gasteiger partial charge in [0.15, 0.2) is 0 Å². The van der Waals surface area contributed by atoms with E-state index in [1.54, 1.807) is 11.0 Å². The van der Waals surface area contributed by atoms with Crippen molar-refractivity contribution in [2.45, 2.75) is 62.9 Å². The number of benzene rings is 1. The number of carbonyl (C=O) groups excluding carboxylic acids is 3.